The second-order valence-corrected chi connectivity index (χ2v) is 10.0. The number of hydrogen-bond donors (Lipinski definition) is 1. The molecule has 0 atom stereocenters. The van der Waals surface area contributed by atoms with E-state index in [1.807, 2.05) is 23.1 Å². The molecule has 0 aromatic heterocycles. The van der Waals surface area contributed by atoms with Crippen molar-refractivity contribution in [3.8, 4) is 5.75 Å². The summed E-state index contributed by atoms with van der Waals surface area (Å²) in [6.07, 6.45) is 3.10. The number of nitrogens with zero attached hydrogens (tertiary/aromatic N) is 3. The van der Waals surface area contributed by atoms with Crippen molar-refractivity contribution in [2.24, 2.45) is 0 Å². The Hall–Kier alpha value is -2.99. The van der Waals surface area contributed by atoms with E-state index in [1.54, 1.807) is 7.11 Å². The van der Waals surface area contributed by atoms with E-state index < -0.39 is 0 Å². The van der Waals surface area contributed by atoms with Crippen molar-refractivity contribution in [3.63, 3.8) is 0 Å². The molecule has 4 rings (SSSR count). The van der Waals surface area contributed by atoms with Crippen molar-refractivity contribution in [1.82, 2.24) is 9.80 Å². The number of carbonyl (C=O) groups excluding carboxylic acids is 1. The number of methoxy groups -OCH3 is 1. The summed E-state index contributed by atoms with van der Waals surface area (Å²) in [5.41, 5.74) is 11.4. The van der Waals surface area contributed by atoms with Crippen LogP contribution in [0.25, 0.3) is 5.57 Å². The number of piperazine rings is 1. The number of amides is 2. The minimum absolute atomic E-state index is 0.0560. The molecular formula is C29H40N4O2. The van der Waals surface area contributed by atoms with Gasteiger partial charge in [0.2, 0.25) is 0 Å². The number of ether oxygens (including phenoxy) is 1. The van der Waals surface area contributed by atoms with Crippen LogP contribution in [0.1, 0.15) is 39.8 Å². The summed E-state index contributed by atoms with van der Waals surface area (Å²) < 4.78 is 5.61. The van der Waals surface area contributed by atoms with Crippen LogP contribution in [-0.4, -0.2) is 69.3 Å². The number of benzene rings is 2. The molecule has 1 fully saturated rings. The normalized spacial score (nSPS) is 16.8. The van der Waals surface area contributed by atoms with Gasteiger partial charge in [0.1, 0.15) is 5.75 Å². The van der Waals surface area contributed by atoms with E-state index in [9.17, 15) is 4.79 Å². The SMILES string of the molecule is COc1ccc(NC(=O)N2CC=C(c3c(C)c(C)c(C)c(C)c3C)CC2)cc1N1CCN(C)CC1. The highest BCUT2D eigenvalue weighted by Gasteiger charge is 2.23. The Bertz CT molecular complexity index is 1120. The van der Waals surface area contributed by atoms with Gasteiger partial charge in [0.05, 0.1) is 12.8 Å². The molecule has 0 unspecified atom stereocenters. The van der Waals surface area contributed by atoms with Crippen LogP contribution in [0, 0.1) is 34.6 Å². The van der Waals surface area contributed by atoms with Crippen LogP contribution in [0.4, 0.5) is 16.2 Å². The van der Waals surface area contributed by atoms with E-state index in [2.05, 4.69) is 62.9 Å². The number of nitrogens with one attached hydrogen (secondary N) is 1. The molecule has 0 bridgehead atoms. The largest absolute Gasteiger partial charge is 0.495 e. The standard InChI is InChI=1S/C29H40N4O2/c1-19-20(2)22(4)28(23(5)21(19)3)24-10-12-33(13-11-24)29(34)30-25-8-9-27(35-7)26(18-25)32-16-14-31(6)15-17-32/h8-10,18H,11-17H2,1-7H3,(H,30,34). The van der Waals surface area contributed by atoms with Crippen LogP contribution >= 0.6 is 0 Å². The zero-order valence-electron chi connectivity index (χ0n) is 22.4. The highest BCUT2D eigenvalue weighted by Crippen LogP contribution is 2.35. The zero-order chi connectivity index (χ0) is 25.3. The maximum absolute atomic E-state index is 13.1. The van der Waals surface area contributed by atoms with Crippen molar-refractivity contribution in [3.05, 3.63) is 57.7 Å². The molecule has 1 N–H and O–H groups in total. The van der Waals surface area contributed by atoms with Gasteiger partial charge in [-0.3, -0.25) is 0 Å². The molecule has 35 heavy (non-hydrogen) atoms. The van der Waals surface area contributed by atoms with Crippen LogP contribution in [-0.2, 0) is 0 Å². The van der Waals surface area contributed by atoms with Gasteiger partial charge in [0.15, 0.2) is 0 Å². The third-order valence-corrected chi connectivity index (χ3v) is 8.09. The second kappa shape index (κ2) is 10.3. The van der Waals surface area contributed by atoms with Crippen LogP contribution in [0.15, 0.2) is 24.3 Å². The van der Waals surface area contributed by atoms with E-state index in [0.29, 0.717) is 13.1 Å². The minimum Gasteiger partial charge on any atom is -0.495 e. The molecule has 0 aliphatic carbocycles. The summed E-state index contributed by atoms with van der Waals surface area (Å²) in [6.45, 7) is 16.4. The smallest absolute Gasteiger partial charge is 0.322 e. The lowest BCUT2D eigenvalue weighted by Crippen LogP contribution is -2.44. The Morgan fingerprint density at radius 1 is 0.886 bits per heavy atom. The average molecular weight is 477 g/mol. The topological polar surface area (TPSA) is 48.1 Å². The molecule has 2 amide bonds. The van der Waals surface area contributed by atoms with Crippen molar-refractivity contribution < 1.29 is 9.53 Å². The van der Waals surface area contributed by atoms with Crippen LogP contribution < -0.4 is 15.0 Å². The van der Waals surface area contributed by atoms with Gasteiger partial charge in [0, 0.05) is 45.0 Å². The minimum atomic E-state index is -0.0560. The third-order valence-electron chi connectivity index (χ3n) is 8.09. The van der Waals surface area contributed by atoms with E-state index >= 15 is 0 Å². The first-order valence-corrected chi connectivity index (χ1v) is 12.6. The van der Waals surface area contributed by atoms with Gasteiger partial charge in [-0.25, -0.2) is 4.79 Å². The van der Waals surface area contributed by atoms with Crippen molar-refractivity contribution >= 4 is 23.0 Å². The molecule has 2 aromatic carbocycles. The van der Waals surface area contributed by atoms with E-state index in [0.717, 1.165) is 49.7 Å². The Balaban J connectivity index is 1.48. The van der Waals surface area contributed by atoms with Crippen LogP contribution in [0.2, 0.25) is 0 Å². The fraction of sp³-hybridized carbons (Fsp3) is 0.483. The molecule has 1 saturated heterocycles. The molecule has 2 aliphatic rings. The predicted octanol–water partition coefficient (Wildman–Crippen LogP) is 5.31. The van der Waals surface area contributed by atoms with Gasteiger partial charge in [0.25, 0.3) is 0 Å². The molecule has 6 heteroatoms. The fourth-order valence-corrected chi connectivity index (χ4v) is 5.33. The van der Waals surface area contributed by atoms with Gasteiger partial charge in [-0.2, -0.15) is 0 Å². The molecule has 0 saturated carbocycles. The Morgan fingerprint density at radius 3 is 2.09 bits per heavy atom. The maximum atomic E-state index is 13.1. The monoisotopic (exact) mass is 476 g/mol. The Labute approximate surface area is 210 Å². The van der Waals surface area contributed by atoms with E-state index in [1.165, 1.54) is 39.0 Å². The number of likely N-dealkylation sites (N-methyl/N-ethyl adjacent to an activating group) is 1. The quantitative estimate of drug-likeness (QED) is 0.650. The van der Waals surface area contributed by atoms with Gasteiger partial charge in [-0.15, -0.1) is 0 Å². The summed E-state index contributed by atoms with van der Waals surface area (Å²) in [5, 5.41) is 3.12. The molecule has 2 aromatic rings. The molecule has 0 radical (unpaired) electrons. The lowest BCUT2D eigenvalue weighted by atomic mass is 9.84. The third kappa shape index (κ3) is 5.03. The number of anilines is 2. The zero-order valence-corrected chi connectivity index (χ0v) is 22.4. The summed E-state index contributed by atoms with van der Waals surface area (Å²) in [6, 6.07) is 5.86. The fourth-order valence-electron chi connectivity index (χ4n) is 5.33. The summed E-state index contributed by atoms with van der Waals surface area (Å²) >= 11 is 0. The molecule has 6 nitrogen and oxygen atoms in total. The van der Waals surface area contributed by atoms with Crippen molar-refractivity contribution in [2.75, 3.05) is 63.6 Å². The van der Waals surface area contributed by atoms with Crippen LogP contribution in [0.3, 0.4) is 0 Å². The van der Waals surface area contributed by atoms with Gasteiger partial charge in [-0.05, 0) is 105 Å². The van der Waals surface area contributed by atoms with Crippen molar-refractivity contribution in [1.29, 1.82) is 0 Å². The Morgan fingerprint density at radius 2 is 1.51 bits per heavy atom. The lowest BCUT2D eigenvalue weighted by Gasteiger charge is -2.35. The molecule has 2 heterocycles. The summed E-state index contributed by atoms with van der Waals surface area (Å²) in [4.78, 5) is 19.7. The van der Waals surface area contributed by atoms with Gasteiger partial charge >= 0.3 is 6.03 Å². The highest BCUT2D eigenvalue weighted by atomic mass is 16.5. The maximum Gasteiger partial charge on any atom is 0.322 e. The summed E-state index contributed by atoms with van der Waals surface area (Å²) in [7, 11) is 3.85. The first kappa shape index (κ1) is 25.1. The first-order valence-electron chi connectivity index (χ1n) is 12.6. The number of rotatable bonds is 4. The van der Waals surface area contributed by atoms with Crippen LogP contribution in [0.5, 0.6) is 5.75 Å². The second-order valence-electron chi connectivity index (χ2n) is 10.0. The first-order chi connectivity index (χ1) is 16.7. The average Bonchev–Trinajstić information content (AvgIpc) is 2.87. The Kier molecular flexibility index (Phi) is 7.41. The predicted molar refractivity (Wildman–Crippen MR) is 146 cm³/mol. The van der Waals surface area contributed by atoms with Gasteiger partial charge < -0.3 is 24.8 Å². The lowest BCUT2D eigenvalue weighted by molar-refractivity contribution is 0.217. The number of carbonyl (C=O) groups is 1. The molecule has 188 valence electrons. The summed E-state index contributed by atoms with van der Waals surface area (Å²) in [5.74, 6) is 0.840. The van der Waals surface area contributed by atoms with Gasteiger partial charge in [-0.1, -0.05) is 6.08 Å². The number of hydrogen-bond acceptors (Lipinski definition) is 4. The number of urea groups is 1. The van der Waals surface area contributed by atoms with E-state index in [-0.39, 0.29) is 6.03 Å². The van der Waals surface area contributed by atoms with E-state index in [4.69, 9.17) is 4.74 Å². The highest BCUT2D eigenvalue weighted by molar-refractivity contribution is 5.91. The molecule has 2 aliphatic heterocycles. The molecular weight excluding hydrogens is 436 g/mol. The van der Waals surface area contributed by atoms with Crippen molar-refractivity contribution in [2.45, 2.75) is 41.0 Å². The molecule has 0 spiro atoms.